The van der Waals surface area contributed by atoms with E-state index in [0.29, 0.717) is 24.6 Å². The van der Waals surface area contributed by atoms with Crippen LogP contribution in [0.5, 0.6) is 5.75 Å². The zero-order valence-corrected chi connectivity index (χ0v) is 16.1. The molecule has 2 aromatic rings. The number of nitrogens with one attached hydrogen (secondary N) is 1. The Labute approximate surface area is 169 Å². The third-order valence-electron chi connectivity index (χ3n) is 4.53. The van der Waals surface area contributed by atoms with Crippen LogP contribution in [-0.4, -0.2) is 47.5 Å². The minimum Gasteiger partial charge on any atom is -0.403 e. The molecule has 1 aliphatic heterocycles. The van der Waals surface area contributed by atoms with Crippen LogP contribution in [0.3, 0.4) is 0 Å². The summed E-state index contributed by atoms with van der Waals surface area (Å²) in [5.74, 6) is -1.72. The number of alkyl halides is 4. The molecule has 1 aromatic heterocycles. The van der Waals surface area contributed by atoms with Gasteiger partial charge in [-0.15, -0.1) is 13.2 Å². The van der Waals surface area contributed by atoms with Gasteiger partial charge in [0.25, 0.3) is 0 Å². The number of piperidine rings is 1. The molecule has 1 aliphatic rings. The first-order chi connectivity index (χ1) is 14.0. The molecule has 1 fully saturated rings. The number of nitrogens with zero attached hydrogens (tertiary/aromatic N) is 3. The van der Waals surface area contributed by atoms with Crippen molar-refractivity contribution < 1.29 is 31.5 Å². The van der Waals surface area contributed by atoms with Gasteiger partial charge < -0.3 is 15.0 Å². The minimum atomic E-state index is -5.01. The topological polar surface area (TPSA) is 67.4 Å². The fourth-order valence-corrected chi connectivity index (χ4v) is 3.27. The lowest BCUT2D eigenvalue weighted by Crippen LogP contribution is -2.52. The molecule has 0 radical (unpaired) electrons. The van der Waals surface area contributed by atoms with Crippen molar-refractivity contribution in [2.24, 2.45) is 0 Å². The standard InChI is InChI=1S/C19H19F5N4O2/c1-10-25-16(12-3-4-17(13(20)7-12)30-19(22,23)24)8-18(26-10)28-6-5-15(14(21)9-28)27-11(2)29/h3-4,7-8,14-15H,5-6,9H2,1-2H3,(H,27,29)/t14-,15-/m0/s1. The molecular formula is C19H19F5N4O2. The molecular weight excluding hydrogens is 411 g/mol. The van der Waals surface area contributed by atoms with E-state index in [2.05, 4.69) is 20.0 Å². The predicted molar refractivity (Wildman–Crippen MR) is 98.2 cm³/mol. The maximum atomic E-state index is 14.4. The van der Waals surface area contributed by atoms with Gasteiger partial charge in [-0.25, -0.2) is 18.7 Å². The summed E-state index contributed by atoms with van der Waals surface area (Å²) in [6.07, 6.45) is -5.94. The maximum Gasteiger partial charge on any atom is 0.573 e. The number of carbonyl (C=O) groups excluding carboxylic acids is 1. The Bertz CT molecular complexity index is 938. The molecule has 0 unspecified atom stereocenters. The Balaban J connectivity index is 1.82. The molecule has 2 heterocycles. The van der Waals surface area contributed by atoms with Crippen LogP contribution in [-0.2, 0) is 4.79 Å². The summed E-state index contributed by atoms with van der Waals surface area (Å²) in [5.41, 5.74) is 0.494. The second kappa shape index (κ2) is 8.41. The Morgan fingerprint density at radius 1 is 1.27 bits per heavy atom. The average molecular weight is 430 g/mol. The van der Waals surface area contributed by atoms with Gasteiger partial charge in [0.1, 0.15) is 17.8 Å². The van der Waals surface area contributed by atoms with Crippen molar-refractivity contribution in [2.45, 2.75) is 38.8 Å². The number of aromatic nitrogens is 2. The maximum absolute atomic E-state index is 14.4. The van der Waals surface area contributed by atoms with Crippen molar-refractivity contribution in [1.29, 1.82) is 0 Å². The van der Waals surface area contributed by atoms with Crippen LogP contribution in [0.1, 0.15) is 19.2 Å². The highest BCUT2D eigenvalue weighted by Crippen LogP contribution is 2.30. The largest absolute Gasteiger partial charge is 0.573 e. The molecule has 0 aliphatic carbocycles. The Hall–Kier alpha value is -2.98. The van der Waals surface area contributed by atoms with Crippen LogP contribution < -0.4 is 15.0 Å². The summed E-state index contributed by atoms with van der Waals surface area (Å²) in [5, 5.41) is 2.57. The number of rotatable bonds is 4. The number of carbonyl (C=O) groups is 1. The number of hydrogen-bond acceptors (Lipinski definition) is 5. The molecule has 162 valence electrons. The number of hydrogen-bond donors (Lipinski definition) is 1. The average Bonchev–Trinajstić information content (AvgIpc) is 2.63. The molecule has 30 heavy (non-hydrogen) atoms. The number of ether oxygens (including phenoxy) is 1. The van der Waals surface area contributed by atoms with E-state index < -0.39 is 30.1 Å². The summed E-state index contributed by atoms with van der Waals surface area (Å²) >= 11 is 0. The van der Waals surface area contributed by atoms with Gasteiger partial charge in [-0.1, -0.05) is 0 Å². The normalized spacial score (nSPS) is 19.5. The van der Waals surface area contributed by atoms with Gasteiger partial charge in [-0.05, 0) is 31.5 Å². The first-order valence-electron chi connectivity index (χ1n) is 9.09. The smallest absolute Gasteiger partial charge is 0.403 e. The number of aryl methyl sites for hydroxylation is 1. The summed E-state index contributed by atoms with van der Waals surface area (Å²) in [6, 6.07) is 3.92. The van der Waals surface area contributed by atoms with E-state index in [1.54, 1.807) is 11.8 Å². The van der Waals surface area contributed by atoms with Crippen molar-refractivity contribution in [3.63, 3.8) is 0 Å². The van der Waals surface area contributed by atoms with Gasteiger partial charge in [0.05, 0.1) is 18.3 Å². The third kappa shape index (κ3) is 5.33. The molecule has 1 saturated heterocycles. The molecule has 1 aromatic carbocycles. The van der Waals surface area contributed by atoms with E-state index in [1.165, 1.54) is 19.1 Å². The van der Waals surface area contributed by atoms with Gasteiger partial charge in [0.15, 0.2) is 11.6 Å². The van der Waals surface area contributed by atoms with Gasteiger partial charge in [-0.3, -0.25) is 4.79 Å². The Kier molecular flexibility index (Phi) is 6.09. The molecule has 3 rings (SSSR count). The molecule has 11 heteroatoms. The molecule has 0 spiro atoms. The van der Waals surface area contributed by atoms with Crippen molar-refractivity contribution >= 4 is 11.7 Å². The summed E-state index contributed by atoms with van der Waals surface area (Å²) in [6.45, 7) is 3.34. The fraction of sp³-hybridized carbons (Fsp3) is 0.421. The van der Waals surface area contributed by atoms with Crippen LogP contribution in [0.25, 0.3) is 11.3 Å². The van der Waals surface area contributed by atoms with Gasteiger partial charge in [0.2, 0.25) is 5.91 Å². The zero-order valence-electron chi connectivity index (χ0n) is 16.1. The van der Waals surface area contributed by atoms with E-state index in [0.717, 1.165) is 12.1 Å². The lowest BCUT2D eigenvalue weighted by Gasteiger charge is -2.35. The van der Waals surface area contributed by atoms with E-state index in [-0.39, 0.29) is 23.7 Å². The molecule has 6 nitrogen and oxygen atoms in total. The quantitative estimate of drug-likeness (QED) is 0.752. The molecule has 1 amide bonds. The Morgan fingerprint density at radius 2 is 2.00 bits per heavy atom. The van der Waals surface area contributed by atoms with Crippen molar-refractivity contribution in [3.8, 4) is 17.0 Å². The zero-order chi connectivity index (χ0) is 22.1. The number of benzene rings is 1. The molecule has 0 saturated carbocycles. The minimum absolute atomic E-state index is 0.00639. The monoisotopic (exact) mass is 430 g/mol. The highest BCUT2D eigenvalue weighted by molar-refractivity contribution is 5.73. The lowest BCUT2D eigenvalue weighted by molar-refractivity contribution is -0.275. The van der Waals surface area contributed by atoms with Crippen molar-refractivity contribution in [1.82, 2.24) is 15.3 Å². The van der Waals surface area contributed by atoms with Crippen LogP contribution >= 0.6 is 0 Å². The van der Waals surface area contributed by atoms with Gasteiger partial charge in [-0.2, -0.15) is 0 Å². The van der Waals surface area contributed by atoms with Crippen LogP contribution in [0, 0.1) is 12.7 Å². The molecule has 2 atom stereocenters. The fourth-order valence-electron chi connectivity index (χ4n) is 3.27. The molecule has 0 bridgehead atoms. The van der Waals surface area contributed by atoms with Gasteiger partial charge in [0, 0.05) is 25.1 Å². The van der Waals surface area contributed by atoms with Gasteiger partial charge >= 0.3 is 6.36 Å². The van der Waals surface area contributed by atoms with Crippen molar-refractivity contribution in [2.75, 3.05) is 18.0 Å². The van der Waals surface area contributed by atoms with E-state index in [1.807, 2.05) is 0 Å². The van der Waals surface area contributed by atoms with Crippen LogP contribution in [0.4, 0.5) is 27.8 Å². The first-order valence-corrected chi connectivity index (χ1v) is 9.09. The number of amides is 1. The summed E-state index contributed by atoms with van der Waals surface area (Å²) < 4.78 is 69.1. The third-order valence-corrected chi connectivity index (χ3v) is 4.53. The number of anilines is 1. The first kappa shape index (κ1) is 21.7. The van der Waals surface area contributed by atoms with Crippen LogP contribution in [0.15, 0.2) is 24.3 Å². The molecule has 1 N–H and O–H groups in total. The number of halogens is 5. The summed E-state index contributed by atoms with van der Waals surface area (Å²) in [4.78, 5) is 21.3. The van der Waals surface area contributed by atoms with E-state index >= 15 is 0 Å². The Morgan fingerprint density at radius 3 is 2.60 bits per heavy atom. The van der Waals surface area contributed by atoms with E-state index in [4.69, 9.17) is 0 Å². The highest BCUT2D eigenvalue weighted by Gasteiger charge is 2.33. The lowest BCUT2D eigenvalue weighted by atomic mass is 10.0. The SMILES string of the molecule is CC(=O)N[C@H]1CCN(c2cc(-c3ccc(OC(F)(F)F)c(F)c3)nc(C)n2)C[C@@H]1F. The van der Waals surface area contributed by atoms with Crippen molar-refractivity contribution in [3.05, 3.63) is 35.9 Å². The van der Waals surface area contributed by atoms with E-state index in [9.17, 15) is 26.7 Å². The predicted octanol–water partition coefficient (Wildman–Crippen LogP) is 3.54. The summed E-state index contributed by atoms with van der Waals surface area (Å²) in [7, 11) is 0. The van der Waals surface area contributed by atoms with Crippen LogP contribution in [0.2, 0.25) is 0 Å². The second-order valence-electron chi connectivity index (χ2n) is 6.91. The highest BCUT2D eigenvalue weighted by atomic mass is 19.4. The second-order valence-corrected chi connectivity index (χ2v) is 6.91.